The Morgan fingerprint density at radius 1 is 1.10 bits per heavy atom. The minimum atomic E-state index is -0.185. The zero-order valence-electron chi connectivity index (χ0n) is 16.7. The van der Waals surface area contributed by atoms with Crippen molar-refractivity contribution in [2.45, 2.75) is 25.2 Å². The van der Waals surface area contributed by atoms with E-state index in [1.54, 1.807) is 18.2 Å². The van der Waals surface area contributed by atoms with E-state index in [1.165, 1.54) is 11.8 Å². The molecule has 0 saturated carbocycles. The van der Waals surface area contributed by atoms with Crippen molar-refractivity contribution in [2.75, 3.05) is 11.1 Å². The number of anilines is 1. The average molecular weight is 422 g/mol. The molecule has 0 radical (unpaired) electrons. The molecule has 8 heteroatoms. The third-order valence-corrected chi connectivity index (χ3v) is 5.18. The fraction of sp³-hybridized carbons (Fsp3) is 0.182. The summed E-state index contributed by atoms with van der Waals surface area (Å²) in [6.07, 6.45) is 1.72. The first-order valence-electron chi connectivity index (χ1n) is 9.42. The number of hydrogen-bond acceptors (Lipinski definition) is 5. The minimum Gasteiger partial charge on any atom is -0.345 e. The molecule has 0 fully saturated rings. The Labute approximate surface area is 179 Å². The monoisotopic (exact) mass is 421 g/mol. The van der Waals surface area contributed by atoms with Gasteiger partial charge in [-0.15, -0.1) is 16.8 Å². The van der Waals surface area contributed by atoms with Crippen LogP contribution in [0, 0.1) is 6.92 Å². The van der Waals surface area contributed by atoms with E-state index in [-0.39, 0.29) is 24.1 Å². The summed E-state index contributed by atoms with van der Waals surface area (Å²) in [6.45, 7) is 6.46. The highest BCUT2D eigenvalue weighted by Crippen LogP contribution is 2.18. The zero-order valence-corrected chi connectivity index (χ0v) is 17.5. The quantitative estimate of drug-likeness (QED) is 0.408. The lowest BCUT2D eigenvalue weighted by atomic mass is 10.2. The van der Waals surface area contributed by atoms with Crippen molar-refractivity contribution < 1.29 is 9.59 Å². The summed E-state index contributed by atoms with van der Waals surface area (Å²) in [4.78, 5) is 24.5. The van der Waals surface area contributed by atoms with Gasteiger partial charge in [0.2, 0.25) is 5.91 Å². The standard InChI is InChI=1S/C22H23N5O2S/c1-3-13-27-19(14-23-21(29)17-7-5-4-6-8-17)25-26-22(27)30-15-20(28)24-18-11-9-16(2)10-12-18/h3-12H,1,13-15H2,2H3,(H,23,29)(H,24,28). The first-order chi connectivity index (χ1) is 14.6. The molecule has 0 bridgehead atoms. The molecule has 0 aliphatic rings. The number of rotatable bonds is 9. The van der Waals surface area contributed by atoms with Crippen molar-refractivity contribution in [3.63, 3.8) is 0 Å². The lowest BCUT2D eigenvalue weighted by Crippen LogP contribution is -2.24. The van der Waals surface area contributed by atoms with E-state index >= 15 is 0 Å². The Morgan fingerprint density at radius 2 is 1.83 bits per heavy atom. The number of benzene rings is 2. The van der Waals surface area contributed by atoms with Crippen LogP contribution >= 0.6 is 11.8 Å². The molecule has 154 valence electrons. The van der Waals surface area contributed by atoms with Crippen LogP contribution in [0.25, 0.3) is 0 Å². The molecule has 7 nitrogen and oxygen atoms in total. The summed E-state index contributed by atoms with van der Waals surface area (Å²) in [7, 11) is 0. The van der Waals surface area contributed by atoms with Crippen LogP contribution < -0.4 is 10.6 Å². The summed E-state index contributed by atoms with van der Waals surface area (Å²) >= 11 is 1.29. The number of nitrogens with one attached hydrogen (secondary N) is 2. The molecule has 0 aliphatic heterocycles. The highest BCUT2D eigenvalue weighted by atomic mass is 32.2. The van der Waals surface area contributed by atoms with E-state index in [2.05, 4.69) is 27.4 Å². The van der Waals surface area contributed by atoms with Crippen molar-refractivity contribution >= 4 is 29.3 Å². The molecule has 1 heterocycles. The fourth-order valence-corrected chi connectivity index (χ4v) is 3.45. The number of hydrogen-bond donors (Lipinski definition) is 2. The Balaban J connectivity index is 1.59. The van der Waals surface area contributed by atoms with Gasteiger partial charge >= 0.3 is 0 Å². The Hall–Kier alpha value is -3.39. The van der Waals surface area contributed by atoms with Crippen molar-refractivity contribution in [2.24, 2.45) is 0 Å². The van der Waals surface area contributed by atoms with E-state index < -0.39 is 0 Å². The smallest absolute Gasteiger partial charge is 0.251 e. The Kier molecular flexibility index (Phi) is 7.40. The van der Waals surface area contributed by atoms with Gasteiger partial charge in [-0.05, 0) is 31.2 Å². The first-order valence-corrected chi connectivity index (χ1v) is 10.4. The van der Waals surface area contributed by atoms with Gasteiger partial charge in [0, 0.05) is 17.8 Å². The van der Waals surface area contributed by atoms with Gasteiger partial charge in [-0.2, -0.15) is 0 Å². The van der Waals surface area contributed by atoms with Crippen molar-refractivity contribution in [1.29, 1.82) is 0 Å². The van der Waals surface area contributed by atoms with Gasteiger partial charge in [0.25, 0.3) is 5.91 Å². The second-order valence-corrected chi connectivity index (χ2v) is 7.49. The van der Waals surface area contributed by atoms with Gasteiger partial charge in [-0.25, -0.2) is 0 Å². The number of nitrogens with zero attached hydrogens (tertiary/aromatic N) is 3. The molecule has 2 amide bonds. The lowest BCUT2D eigenvalue weighted by molar-refractivity contribution is -0.113. The van der Waals surface area contributed by atoms with Crippen molar-refractivity contribution in [3.8, 4) is 0 Å². The Morgan fingerprint density at radius 3 is 2.53 bits per heavy atom. The molecule has 0 spiro atoms. The van der Waals surface area contributed by atoms with Gasteiger partial charge in [0.1, 0.15) is 0 Å². The van der Waals surface area contributed by atoms with E-state index in [0.717, 1.165) is 11.3 Å². The van der Waals surface area contributed by atoms with Crippen molar-refractivity contribution in [1.82, 2.24) is 20.1 Å². The summed E-state index contributed by atoms with van der Waals surface area (Å²) < 4.78 is 1.84. The predicted octanol–water partition coefficient (Wildman–Crippen LogP) is 3.43. The van der Waals surface area contributed by atoms with E-state index in [4.69, 9.17) is 0 Å². The van der Waals surface area contributed by atoms with Crippen LogP contribution in [0.3, 0.4) is 0 Å². The van der Waals surface area contributed by atoms with E-state index in [0.29, 0.717) is 23.1 Å². The lowest BCUT2D eigenvalue weighted by Gasteiger charge is -2.09. The molecule has 3 aromatic rings. The first kappa shape index (κ1) is 21.3. The largest absolute Gasteiger partial charge is 0.345 e. The van der Waals surface area contributed by atoms with Gasteiger partial charge < -0.3 is 15.2 Å². The molecule has 0 unspecified atom stereocenters. The van der Waals surface area contributed by atoms with Crippen LogP contribution in [0.2, 0.25) is 0 Å². The zero-order chi connectivity index (χ0) is 21.3. The molecule has 2 N–H and O–H groups in total. The number of aromatic nitrogens is 3. The molecule has 0 saturated heterocycles. The third kappa shape index (κ3) is 5.81. The normalized spacial score (nSPS) is 10.4. The molecular formula is C22H23N5O2S. The predicted molar refractivity (Wildman–Crippen MR) is 118 cm³/mol. The number of thioether (sulfide) groups is 1. The highest BCUT2D eigenvalue weighted by molar-refractivity contribution is 7.99. The van der Waals surface area contributed by atoms with Gasteiger partial charge in [0.15, 0.2) is 11.0 Å². The van der Waals surface area contributed by atoms with Crippen LogP contribution in [0.4, 0.5) is 5.69 Å². The number of allylic oxidation sites excluding steroid dienone is 1. The maximum absolute atomic E-state index is 12.3. The van der Waals surface area contributed by atoms with Crippen LogP contribution in [0.15, 0.2) is 72.4 Å². The number of amides is 2. The van der Waals surface area contributed by atoms with Crippen LogP contribution in [0.1, 0.15) is 21.7 Å². The SMILES string of the molecule is C=CCn1c(CNC(=O)c2ccccc2)nnc1SCC(=O)Nc1ccc(C)cc1. The van der Waals surface area contributed by atoms with Crippen LogP contribution in [-0.4, -0.2) is 32.3 Å². The third-order valence-electron chi connectivity index (χ3n) is 4.22. The van der Waals surface area contributed by atoms with Crippen molar-refractivity contribution in [3.05, 3.63) is 84.2 Å². The highest BCUT2D eigenvalue weighted by Gasteiger charge is 2.15. The summed E-state index contributed by atoms with van der Waals surface area (Å²) in [5, 5.41) is 14.6. The fourth-order valence-electron chi connectivity index (χ4n) is 2.68. The summed E-state index contributed by atoms with van der Waals surface area (Å²) in [5.41, 5.74) is 2.46. The van der Waals surface area contributed by atoms with Gasteiger partial charge in [-0.3, -0.25) is 9.59 Å². The van der Waals surface area contributed by atoms with E-state index in [1.807, 2.05) is 54.0 Å². The maximum atomic E-state index is 12.3. The second kappa shape index (κ2) is 10.4. The Bertz CT molecular complexity index is 1020. The summed E-state index contributed by atoms with van der Waals surface area (Å²) in [6, 6.07) is 16.6. The minimum absolute atomic E-state index is 0.129. The molecular weight excluding hydrogens is 398 g/mol. The second-order valence-electron chi connectivity index (χ2n) is 6.55. The van der Waals surface area contributed by atoms with Crippen LogP contribution in [0.5, 0.6) is 0 Å². The number of aryl methyl sites for hydroxylation is 1. The van der Waals surface area contributed by atoms with E-state index in [9.17, 15) is 9.59 Å². The average Bonchev–Trinajstić information content (AvgIpc) is 3.14. The topological polar surface area (TPSA) is 88.9 Å². The molecule has 30 heavy (non-hydrogen) atoms. The number of carbonyl (C=O) groups excluding carboxylic acids is 2. The van der Waals surface area contributed by atoms with Crippen LogP contribution in [-0.2, 0) is 17.9 Å². The molecule has 2 aromatic carbocycles. The summed E-state index contributed by atoms with van der Waals surface area (Å²) in [5.74, 6) is 0.478. The molecule has 1 aromatic heterocycles. The molecule has 0 aliphatic carbocycles. The van der Waals surface area contributed by atoms with Gasteiger partial charge in [-0.1, -0.05) is 53.7 Å². The van der Waals surface area contributed by atoms with Gasteiger partial charge in [0.05, 0.1) is 12.3 Å². The number of carbonyl (C=O) groups is 2. The molecule has 3 rings (SSSR count). The molecule has 0 atom stereocenters. The maximum Gasteiger partial charge on any atom is 0.251 e.